The summed E-state index contributed by atoms with van der Waals surface area (Å²) in [5.41, 5.74) is 11.9. The monoisotopic (exact) mass is 745 g/mol. The molecule has 0 atom stereocenters. The van der Waals surface area contributed by atoms with Crippen LogP contribution in [0.25, 0.3) is 66.4 Å². The summed E-state index contributed by atoms with van der Waals surface area (Å²) in [6.45, 7) is 0. The van der Waals surface area contributed by atoms with Crippen molar-refractivity contribution in [2.45, 2.75) is 0 Å². The molecule has 0 N–H and O–H groups in total. The lowest BCUT2D eigenvalue weighted by molar-refractivity contribution is 0.620. The number of aromatic nitrogens is 1. The van der Waals surface area contributed by atoms with Crippen molar-refractivity contribution in [2.75, 3.05) is 9.80 Å². The largest absolute Gasteiger partial charge is 0.454 e. The summed E-state index contributed by atoms with van der Waals surface area (Å²) in [4.78, 5) is 9.83. The van der Waals surface area contributed by atoms with Crippen molar-refractivity contribution in [2.24, 2.45) is 0 Å². The summed E-state index contributed by atoms with van der Waals surface area (Å²) >= 11 is 0. The molecular formula is C53H35N3O2. The number of rotatable bonds is 8. The fourth-order valence-corrected chi connectivity index (χ4v) is 8.09. The van der Waals surface area contributed by atoms with Crippen LogP contribution in [0.15, 0.2) is 221 Å². The van der Waals surface area contributed by atoms with E-state index in [4.69, 9.17) is 13.8 Å². The molecule has 0 unspecified atom stereocenters. The molecule has 0 saturated carbocycles. The van der Waals surface area contributed by atoms with Gasteiger partial charge in [-0.15, -0.1) is 0 Å². The maximum absolute atomic E-state index is 6.77. The SMILES string of the molecule is c1ccc(-c2ccc(N(c3cc(N(c4ccccc4)c4ccc5ccccc5c4)cc4oc(-c5ccccc5)nc34)c3cccc4c3oc3ccccc34)cc2)cc1. The van der Waals surface area contributed by atoms with Crippen LogP contribution in [0, 0.1) is 0 Å². The molecule has 2 aromatic heterocycles. The van der Waals surface area contributed by atoms with Gasteiger partial charge in [-0.25, -0.2) is 4.98 Å². The fourth-order valence-electron chi connectivity index (χ4n) is 8.09. The highest BCUT2D eigenvalue weighted by Crippen LogP contribution is 2.48. The highest BCUT2D eigenvalue weighted by atomic mass is 16.3. The first-order valence-corrected chi connectivity index (χ1v) is 19.5. The smallest absolute Gasteiger partial charge is 0.227 e. The molecular weight excluding hydrogens is 711 g/mol. The van der Waals surface area contributed by atoms with Gasteiger partial charge in [-0.1, -0.05) is 140 Å². The molecule has 0 radical (unpaired) electrons. The number of anilines is 6. The van der Waals surface area contributed by atoms with Crippen molar-refractivity contribution in [3.05, 3.63) is 212 Å². The molecule has 0 bridgehead atoms. The van der Waals surface area contributed by atoms with Crippen molar-refractivity contribution >= 4 is 77.9 Å². The topological polar surface area (TPSA) is 45.7 Å². The minimum absolute atomic E-state index is 0.548. The summed E-state index contributed by atoms with van der Waals surface area (Å²) in [5, 5.41) is 4.45. The lowest BCUT2D eigenvalue weighted by Gasteiger charge is -2.29. The van der Waals surface area contributed by atoms with E-state index in [0.717, 1.165) is 83.7 Å². The van der Waals surface area contributed by atoms with Gasteiger partial charge in [-0.05, 0) is 88.6 Å². The summed E-state index contributed by atoms with van der Waals surface area (Å²) < 4.78 is 13.5. The third-order valence-electron chi connectivity index (χ3n) is 10.8. The Morgan fingerprint density at radius 1 is 0.345 bits per heavy atom. The van der Waals surface area contributed by atoms with Crippen LogP contribution in [0.3, 0.4) is 0 Å². The highest BCUT2D eigenvalue weighted by Gasteiger charge is 2.26. The van der Waals surface area contributed by atoms with Crippen molar-refractivity contribution in [3.63, 3.8) is 0 Å². The van der Waals surface area contributed by atoms with Crippen LogP contribution in [0.1, 0.15) is 0 Å². The van der Waals surface area contributed by atoms with Crippen molar-refractivity contribution in [1.29, 1.82) is 0 Å². The predicted octanol–water partition coefficient (Wildman–Crippen LogP) is 15.2. The average molecular weight is 746 g/mol. The Bertz CT molecular complexity index is 3230. The number of hydrogen-bond acceptors (Lipinski definition) is 5. The zero-order valence-electron chi connectivity index (χ0n) is 31.4. The first-order chi connectivity index (χ1) is 28.7. The van der Waals surface area contributed by atoms with Gasteiger partial charge in [0, 0.05) is 39.5 Å². The van der Waals surface area contributed by atoms with Crippen LogP contribution >= 0.6 is 0 Å². The number of fused-ring (bicyclic) bond motifs is 5. The molecule has 5 heteroatoms. The minimum atomic E-state index is 0.548. The van der Waals surface area contributed by atoms with Crippen LogP contribution in [0.5, 0.6) is 0 Å². The first kappa shape index (κ1) is 33.4. The highest BCUT2D eigenvalue weighted by molar-refractivity contribution is 6.11. The van der Waals surface area contributed by atoms with E-state index in [-0.39, 0.29) is 0 Å². The Balaban J connectivity index is 1.20. The van der Waals surface area contributed by atoms with Gasteiger partial charge >= 0.3 is 0 Å². The third kappa shape index (κ3) is 5.85. The van der Waals surface area contributed by atoms with Gasteiger partial charge in [0.05, 0.1) is 17.1 Å². The molecule has 0 aliphatic carbocycles. The fraction of sp³-hybridized carbons (Fsp3) is 0. The predicted molar refractivity (Wildman–Crippen MR) is 239 cm³/mol. The van der Waals surface area contributed by atoms with E-state index in [1.54, 1.807) is 0 Å². The second-order valence-corrected chi connectivity index (χ2v) is 14.4. The number of oxazole rings is 1. The Kier molecular flexibility index (Phi) is 8.07. The van der Waals surface area contributed by atoms with Gasteiger partial charge in [0.1, 0.15) is 11.1 Å². The van der Waals surface area contributed by atoms with Crippen LogP contribution in [0.4, 0.5) is 34.1 Å². The van der Waals surface area contributed by atoms with Gasteiger partial charge in [0.15, 0.2) is 11.2 Å². The minimum Gasteiger partial charge on any atom is -0.454 e. The first-order valence-electron chi connectivity index (χ1n) is 19.5. The van der Waals surface area contributed by atoms with Gasteiger partial charge < -0.3 is 18.6 Å². The summed E-state index contributed by atoms with van der Waals surface area (Å²) in [6, 6.07) is 73.8. The molecule has 5 nitrogen and oxygen atoms in total. The number of furan rings is 1. The Morgan fingerprint density at radius 3 is 1.76 bits per heavy atom. The normalized spacial score (nSPS) is 11.4. The standard InChI is InChI=1S/C53H35N3O2/c1-4-15-36(16-5-1)38-27-30-42(31-28-38)56(47-25-14-24-46-45-23-12-13-26-49(45)57-52(46)47)48-34-44(35-50-51(48)54-53(58-50)39-18-6-2-7-19-39)55(41-21-8-3-9-22-41)43-32-29-37-17-10-11-20-40(37)33-43/h1-35H. The molecule has 0 amide bonds. The van der Waals surface area contributed by atoms with E-state index in [0.29, 0.717) is 11.5 Å². The molecule has 0 aliphatic rings. The summed E-state index contributed by atoms with van der Waals surface area (Å²) in [5.74, 6) is 0.548. The molecule has 0 aliphatic heterocycles. The van der Waals surface area contributed by atoms with Crippen LogP contribution in [-0.2, 0) is 0 Å². The Hall–Kier alpha value is -7.89. The van der Waals surface area contributed by atoms with E-state index in [1.807, 2.05) is 54.6 Å². The van der Waals surface area contributed by atoms with Gasteiger partial charge in [0.2, 0.25) is 5.89 Å². The molecule has 0 fully saturated rings. The zero-order valence-corrected chi connectivity index (χ0v) is 31.4. The molecule has 11 rings (SSSR count). The average Bonchev–Trinajstić information content (AvgIpc) is 3.91. The van der Waals surface area contributed by atoms with E-state index in [1.165, 1.54) is 5.39 Å². The maximum Gasteiger partial charge on any atom is 0.227 e. The molecule has 0 spiro atoms. The number of hydrogen-bond donors (Lipinski definition) is 0. The van der Waals surface area contributed by atoms with Crippen molar-refractivity contribution < 1.29 is 8.83 Å². The van der Waals surface area contributed by atoms with Crippen LogP contribution < -0.4 is 9.80 Å². The van der Waals surface area contributed by atoms with Crippen molar-refractivity contribution in [1.82, 2.24) is 4.98 Å². The zero-order chi connectivity index (χ0) is 38.4. The molecule has 58 heavy (non-hydrogen) atoms. The second-order valence-electron chi connectivity index (χ2n) is 14.4. The summed E-state index contributed by atoms with van der Waals surface area (Å²) in [7, 11) is 0. The second kappa shape index (κ2) is 14.0. The van der Waals surface area contributed by atoms with Crippen LogP contribution in [-0.4, -0.2) is 4.98 Å². The molecule has 9 aromatic carbocycles. The van der Waals surface area contributed by atoms with E-state index < -0.39 is 0 Å². The molecule has 0 saturated heterocycles. The number of nitrogens with zero attached hydrogens (tertiary/aromatic N) is 3. The molecule has 2 heterocycles. The maximum atomic E-state index is 6.77. The molecule has 11 aromatic rings. The Morgan fingerprint density at radius 2 is 0.966 bits per heavy atom. The van der Waals surface area contributed by atoms with E-state index in [9.17, 15) is 0 Å². The van der Waals surface area contributed by atoms with Crippen LogP contribution in [0.2, 0.25) is 0 Å². The van der Waals surface area contributed by atoms with Crippen molar-refractivity contribution in [3.8, 4) is 22.6 Å². The summed E-state index contributed by atoms with van der Waals surface area (Å²) in [6.07, 6.45) is 0. The molecule has 274 valence electrons. The van der Waals surface area contributed by atoms with Gasteiger partial charge in [-0.2, -0.15) is 0 Å². The quantitative estimate of drug-likeness (QED) is 0.155. The van der Waals surface area contributed by atoms with E-state index in [2.05, 4.69) is 168 Å². The Labute approximate surface area is 335 Å². The van der Waals surface area contributed by atoms with Gasteiger partial charge in [0.25, 0.3) is 0 Å². The van der Waals surface area contributed by atoms with Gasteiger partial charge in [-0.3, -0.25) is 0 Å². The number of para-hydroxylation sites is 3. The lowest BCUT2D eigenvalue weighted by atomic mass is 10.0. The lowest BCUT2D eigenvalue weighted by Crippen LogP contribution is -2.14. The number of benzene rings is 9. The third-order valence-corrected chi connectivity index (χ3v) is 10.8. The van der Waals surface area contributed by atoms with E-state index >= 15 is 0 Å².